The van der Waals surface area contributed by atoms with Crippen molar-refractivity contribution < 1.29 is 4.92 Å². The molecular weight excluding hydrogens is 250 g/mol. The number of aromatic nitrogens is 3. The number of nitro groups is 1. The summed E-state index contributed by atoms with van der Waals surface area (Å²) >= 11 is 0. The molecule has 0 fully saturated rings. The van der Waals surface area contributed by atoms with Crippen LogP contribution in [0.3, 0.4) is 0 Å². The molecule has 98 valence electrons. The zero-order chi connectivity index (χ0) is 13.8. The molecule has 0 bridgehead atoms. The van der Waals surface area contributed by atoms with Gasteiger partial charge in [0.15, 0.2) is 0 Å². The number of nitro benzene ring substituents is 1. The van der Waals surface area contributed by atoms with Crippen LogP contribution in [-0.2, 0) is 6.54 Å². The highest BCUT2D eigenvalue weighted by molar-refractivity contribution is 5.39. The summed E-state index contributed by atoms with van der Waals surface area (Å²) in [6.45, 7) is 0.390. The molecule has 1 heterocycles. The Morgan fingerprint density at radius 3 is 2.21 bits per heavy atom. The Kier molecular flexibility index (Phi) is 3.37. The van der Waals surface area contributed by atoms with Crippen LogP contribution in [-0.4, -0.2) is 19.9 Å². The second-order valence-corrected chi connectivity index (χ2v) is 3.65. The maximum absolute atomic E-state index is 10.5. The summed E-state index contributed by atoms with van der Waals surface area (Å²) in [5.41, 5.74) is 11.7. The maximum Gasteiger partial charge on any atom is 0.269 e. The number of benzene rings is 1. The van der Waals surface area contributed by atoms with Crippen molar-refractivity contribution >= 4 is 23.5 Å². The monoisotopic (exact) mass is 261 g/mol. The van der Waals surface area contributed by atoms with E-state index in [0.29, 0.717) is 6.54 Å². The minimum Gasteiger partial charge on any atom is -0.368 e. The van der Waals surface area contributed by atoms with Gasteiger partial charge in [-0.25, -0.2) is 0 Å². The molecule has 0 spiro atoms. The van der Waals surface area contributed by atoms with Crippen LogP contribution < -0.4 is 16.8 Å². The zero-order valence-electron chi connectivity index (χ0n) is 9.78. The van der Waals surface area contributed by atoms with Crippen LogP contribution in [0.1, 0.15) is 5.56 Å². The minimum atomic E-state index is -0.454. The Morgan fingerprint density at radius 1 is 1.11 bits per heavy atom. The Hall–Kier alpha value is -2.97. The third-order valence-corrected chi connectivity index (χ3v) is 2.27. The first-order valence-electron chi connectivity index (χ1n) is 5.29. The Morgan fingerprint density at radius 2 is 1.68 bits per heavy atom. The standard InChI is InChI=1S/C10H11N7O2/c11-8-14-9(12)16-10(15-8)13-5-6-1-3-7(4-2-6)17(18)19/h1-4H,5H2,(H5,11,12,13,14,15,16). The smallest absolute Gasteiger partial charge is 0.269 e. The van der Waals surface area contributed by atoms with E-state index >= 15 is 0 Å². The van der Waals surface area contributed by atoms with Gasteiger partial charge in [0.1, 0.15) is 0 Å². The predicted molar refractivity (Wildman–Crippen MR) is 69.1 cm³/mol. The average Bonchev–Trinajstić information content (AvgIpc) is 2.36. The molecule has 0 unspecified atom stereocenters. The van der Waals surface area contributed by atoms with Gasteiger partial charge in [0.2, 0.25) is 17.8 Å². The lowest BCUT2D eigenvalue weighted by Crippen LogP contribution is -2.09. The van der Waals surface area contributed by atoms with E-state index in [9.17, 15) is 10.1 Å². The first kappa shape index (κ1) is 12.5. The third-order valence-electron chi connectivity index (χ3n) is 2.27. The summed E-state index contributed by atoms with van der Waals surface area (Å²) in [5, 5.41) is 13.4. The third kappa shape index (κ3) is 3.25. The van der Waals surface area contributed by atoms with E-state index in [2.05, 4.69) is 20.3 Å². The van der Waals surface area contributed by atoms with Crippen molar-refractivity contribution in [2.45, 2.75) is 6.54 Å². The van der Waals surface area contributed by atoms with Crippen molar-refractivity contribution in [2.75, 3.05) is 16.8 Å². The highest BCUT2D eigenvalue weighted by atomic mass is 16.6. The lowest BCUT2D eigenvalue weighted by Gasteiger charge is -2.05. The largest absolute Gasteiger partial charge is 0.368 e. The number of nitrogen functional groups attached to an aromatic ring is 2. The van der Waals surface area contributed by atoms with E-state index in [1.165, 1.54) is 12.1 Å². The molecular formula is C10H11N7O2. The fourth-order valence-electron chi connectivity index (χ4n) is 1.41. The first-order chi connectivity index (χ1) is 9.04. The molecule has 0 aliphatic rings. The molecule has 9 heteroatoms. The van der Waals surface area contributed by atoms with E-state index in [0.717, 1.165) is 5.56 Å². The van der Waals surface area contributed by atoms with Gasteiger partial charge in [0.25, 0.3) is 5.69 Å². The van der Waals surface area contributed by atoms with Crippen LogP contribution in [0.25, 0.3) is 0 Å². The maximum atomic E-state index is 10.5. The molecule has 5 N–H and O–H groups in total. The number of nitrogens with zero attached hydrogens (tertiary/aromatic N) is 4. The van der Waals surface area contributed by atoms with Gasteiger partial charge in [-0.3, -0.25) is 10.1 Å². The summed E-state index contributed by atoms with van der Waals surface area (Å²) in [4.78, 5) is 21.4. The number of hydrogen-bond acceptors (Lipinski definition) is 8. The van der Waals surface area contributed by atoms with Gasteiger partial charge in [0, 0.05) is 18.7 Å². The van der Waals surface area contributed by atoms with Crippen molar-refractivity contribution in [2.24, 2.45) is 0 Å². The summed E-state index contributed by atoms with van der Waals surface area (Å²) in [7, 11) is 0. The van der Waals surface area contributed by atoms with Crippen LogP contribution in [0, 0.1) is 10.1 Å². The fraction of sp³-hybridized carbons (Fsp3) is 0.100. The number of non-ortho nitro benzene ring substituents is 1. The molecule has 0 aliphatic carbocycles. The number of hydrogen-bond donors (Lipinski definition) is 3. The van der Waals surface area contributed by atoms with Crippen molar-refractivity contribution in [3.8, 4) is 0 Å². The number of anilines is 3. The average molecular weight is 261 g/mol. The summed E-state index contributed by atoms with van der Waals surface area (Å²) in [5.74, 6) is 0.306. The second-order valence-electron chi connectivity index (χ2n) is 3.65. The molecule has 9 nitrogen and oxygen atoms in total. The lowest BCUT2D eigenvalue weighted by molar-refractivity contribution is -0.384. The number of nitrogens with two attached hydrogens (primary N) is 2. The Labute approximate surface area is 107 Å². The first-order valence-corrected chi connectivity index (χ1v) is 5.29. The zero-order valence-corrected chi connectivity index (χ0v) is 9.78. The molecule has 2 aromatic rings. The van der Waals surface area contributed by atoms with Crippen LogP contribution in [0.2, 0.25) is 0 Å². The van der Waals surface area contributed by atoms with Crippen molar-refractivity contribution in [3.63, 3.8) is 0 Å². The summed E-state index contributed by atoms with van der Waals surface area (Å²) < 4.78 is 0. The van der Waals surface area contributed by atoms with Gasteiger partial charge in [0.05, 0.1) is 4.92 Å². The predicted octanol–water partition coefficient (Wildman–Crippen LogP) is 0.556. The molecule has 0 atom stereocenters. The van der Waals surface area contributed by atoms with Crippen LogP contribution >= 0.6 is 0 Å². The molecule has 2 rings (SSSR count). The van der Waals surface area contributed by atoms with Crippen LogP contribution in [0.5, 0.6) is 0 Å². The van der Waals surface area contributed by atoms with Gasteiger partial charge in [-0.1, -0.05) is 12.1 Å². The van der Waals surface area contributed by atoms with Gasteiger partial charge < -0.3 is 16.8 Å². The molecule has 1 aromatic carbocycles. The van der Waals surface area contributed by atoms with Gasteiger partial charge in [-0.05, 0) is 5.56 Å². The summed E-state index contributed by atoms with van der Waals surface area (Å²) in [6, 6.07) is 6.12. The minimum absolute atomic E-state index is 0.0266. The molecule has 0 amide bonds. The Balaban J connectivity index is 2.03. The van der Waals surface area contributed by atoms with E-state index in [1.54, 1.807) is 12.1 Å². The highest BCUT2D eigenvalue weighted by Crippen LogP contribution is 2.13. The molecule has 1 aromatic heterocycles. The number of rotatable bonds is 4. The van der Waals surface area contributed by atoms with E-state index in [1.807, 2.05) is 0 Å². The van der Waals surface area contributed by atoms with Gasteiger partial charge in [-0.2, -0.15) is 15.0 Å². The quantitative estimate of drug-likeness (QED) is 0.534. The molecule has 0 radical (unpaired) electrons. The van der Waals surface area contributed by atoms with Gasteiger partial charge >= 0.3 is 0 Å². The molecule has 19 heavy (non-hydrogen) atoms. The van der Waals surface area contributed by atoms with Crippen molar-refractivity contribution in [1.29, 1.82) is 0 Å². The molecule has 0 saturated heterocycles. The van der Waals surface area contributed by atoms with Crippen LogP contribution in [0.15, 0.2) is 24.3 Å². The SMILES string of the molecule is Nc1nc(N)nc(NCc2ccc([N+](=O)[O-])cc2)n1. The van der Waals surface area contributed by atoms with E-state index < -0.39 is 4.92 Å². The van der Waals surface area contributed by atoms with E-state index in [4.69, 9.17) is 11.5 Å². The topological polar surface area (TPSA) is 146 Å². The second kappa shape index (κ2) is 5.12. The lowest BCUT2D eigenvalue weighted by atomic mass is 10.2. The van der Waals surface area contributed by atoms with Crippen LogP contribution in [0.4, 0.5) is 23.5 Å². The fourth-order valence-corrected chi connectivity index (χ4v) is 1.41. The Bertz CT molecular complexity index is 579. The number of nitrogens with one attached hydrogen (secondary N) is 1. The van der Waals surface area contributed by atoms with Gasteiger partial charge in [-0.15, -0.1) is 0 Å². The molecule has 0 aliphatic heterocycles. The molecule has 0 saturated carbocycles. The normalized spacial score (nSPS) is 10.1. The highest BCUT2D eigenvalue weighted by Gasteiger charge is 2.05. The summed E-state index contributed by atoms with van der Waals surface area (Å²) in [6.07, 6.45) is 0. The van der Waals surface area contributed by atoms with Crippen molar-refractivity contribution in [1.82, 2.24) is 15.0 Å². The van der Waals surface area contributed by atoms with Crippen molar-refractivity contribution in [3.05, 3.63) is 39.9 Å². The van der Waals surface area contributed by atoms with E-state index in [-0.39, 0.29) is 23.5 Å².